The van der Waals surface area contributed by atoms with Gasteiger partial charge < -0.3 is 4.57 Å². The summed E-state index contributed by atoms with van der Waals surface area (Å²) in [5.41, 5.74) is 2.34. The van der Waals surface area contributed by atoms with Gasteiger partial charge in [-0.25, -0.2) is 9.78 Å². The summed E-state index contributed by atoms with van der Waals surface area (Å²) in [4.78, 5) is 29.4. The zero-order chi connectivity index (χ0) is 20.5. The number of benzene rings is 1. The minimum atomic E-state index is -0.353. The highest BCUT2D eigenvalue weighted by Crippen LogP contribution is 2.22. The summed E-state index contributed by atoms with van der Waals surface area (Å²) in [5, 5.41) is 9.01. The number of rotatable bonds is 6. The van der Waals surface area contributed by atoms with Crippen LogP contribution in [0.1, 0.15) is 12.0 Å². The van der Waals surface area contributed by atoms with E-state index in [4.69, 9.17) is 0 Å². The molecule has 0 unspecified atom stereocenters. The lowest BCUT2D eigenvalue weighted by molar-refractivity contribution is 0.594. The standard InChI is InChI=1S/C19H21N7O2S/c1-13-7-4-5-8-14(13)26-12-21-22-18(26)29-10-6-9-25-17(27)15-16(20-11-23(15)2)24(3)19(25)28/h4-5,7-8,11-12H,6,9-10H2,1-3H3. The van der Waals surface area contributed by atoms with Crippen LogP contribution in [0, 0.1) is 6.92 Å². The molecular weight excluding hydrogens is 390 g/mol. The SMILES string of the molecule is Cc1ccccc1-n1cnnc1SCCCn1c(=O)c2c(ncn2C)n(C)c1=O. The van der Waals surface area contributed by atoms with Gasteiger partial charge in [0.25, 0.3) is 5.56 Å². The zero-order valence-electron chi connectivity index (χ0n) is 16.4. The normalized spacial score (nSPS) is 11.4. The van der Waals surface area contributed by atoms with Crippen LogP contribution in [0.25, 0.3) is 16.9 Å². The fraction of sp³-hybridized carbons (Fsp3) is 0.316. The fourth-order valence-corrected chi connectivity index (χ4v) is 4.15. The van der Waals surface area contributed by atoms with Gasteiger partial charge in [-0.05, 0) is 25.0 Å². The summed E-state index contributed by atoms with van der Waals surface area (Å²) in [7, 11) is 3.38. The molecule has 29 heavy (non-hydrogen) atoms. The summed E-state index contributed by atoms with van der Waals surface area (Å²) in [5.74, 6) is 0.698. The van der Waals surface area contributed by atoms with Gasteiger partial charge >= 0.3 is 5.69 Å². The maximum atomic E-state index is 12.7. The highest BCUT2D eigenvalue weighted by molar-refractivity contribution is 7.99. The molecule has 1 aromatic carbocycles. The van der Waals surface area contributed by atoms with Gasteiger partial charge in [0, 0.05) is 26.4 Å². The highest BCUT2D eigenvalue weighted by Gasteiger charge is 2.15. The molecule has 0 radical (unpaired) electrons. The third kappa shape index (κ3) is 3.39. The van der Waals surface area contributed by atoms with Crippen molar-refractivity contribution in [2.75, 3.05) is 5.75 Å². The van der Waals surface area contributed by atoms with Crippen LogP contribution in [0.4, 0.5) is 0 Å². The average molecular weight is 411 g/mol. The maximum absolute atomic E-state index is 12.7. The van der Waals surface area contributed by atoms with Crippen LogP contribution in [-0.4, -0.2) is 39.2 Å². The van der Waals surface area contributed by atoms with Crippen molar-refractivity contribution in [2.24, 2.45) is 14.1 Å². The van der Waals surface area contributed by atoms with E-state index in [0.717, 1.165) is 16.4 Å². The minimum Gasteiger partial charge on any atom is -0.328 e. The van der Waals surface area contributed by atoms with E-state index in [0.29, 0.717) is 29.9 Å². The molecular formula is C19H21N7O2S. The van der Waals surface area contributed by atoms with Gasteiger partial charge in [-0.15, -0.1) is 10.2 Å². The van der Waals surface area contributed by atoms with Crippen LogP contribution in [0.3, 0.4) is 0 Å². The molecule has 0 saturated heterocycles. The van der Waals surface area contributed by atoms with Gasteiger partial charge in [-0.3, -0.25) is 18.5 Å². The van der Waals surface area contributed by atoms with Crippen molar-refractivity contribution in [3.8, 4) is 5.69 Å². The minimum absolute atomic E-state index is 0.309. The van der Waals surface area contributed by atoms with Crippen molar-refractivity contribution >= 4 is 22.9 Å². The Hall–Kier alpha value is -3.14. The smallest absolute Gasteiger partial charge is 0.328 e. The third-order valence-corrected chi connectivity index (χ3v) is 5.88. The first-order valence-electron chi connectivity index (χ1n) is 9.18. The molecule has 0 aliphatic rings. The molecule has 0 spiro atoms. The summed E-state index contributed by atoms with van der Waals surface area (Å²) >= 11 is 1.55. The fourth-order valence-electron chi connectivity index (χ4n) is 3.30. The van der Waals surface area contributed by atoms with Crippen molar-refractivity contribution in [3.63, 3.8) is 0 Å². The largest absolute Gasteiger partial charge is 0.332 e. The van der Waals surface area contributed by atoms with Crippen molar-refractivity contribution in [1.29, 1.82) is 0 Å². The van der Waals surface area contributed by atoms with Crippen molar-refractivity contribution in [2.45, 2.75) is 25.0 Å². The number of fused-ring (bicyclic) bond motifs is 1. The van der Waals surface area contributed by atoms with Crippen molar-refractivity contribution in [1.82, 2.24) is 33.4 Å². The Morgan fingerprint density at radius 2 is 1.90 bits per heavy atom. The van der Waals surface area contributed by atoms with Crippen LogP contribution in [0.2, 0.25) is 0 Å². The molecule has 0 fully saturated rings. The number of aryl methyl sites for hydroxylation is 3. The Morgan fingerprint density at radius 3 is 2.69 bits per heavy atom. The summed E-state index contributed by atoms with van der Waals surface area (Å²) in [6.45, 7) is 2.37. The Balaban J connectivity index is 1.50. The van der Waals surface area contributed by atoms with E-state index in [-0.39, 0.29) is 11.2 Å². The van der Waals surface area contributed by atoms with Crippen LogP contribution < -0.4 is 11.2 Å². The molecule has 0 aliphatic carbocycles. The summed E-state index contributed by atoms with van der Waals surface area (Å²) in [6, 6.07) is 8.04. The lowest BCUT2D eigenvalue weighted by atomic mass is 10.2. The Morgan fingerprint density at radius 1 is 1.10 bits per heavy atom. The number of para-hydroxylation sites is 1. The third-order valence-electron chi connectivity index (χ3n) is 4.85. The van der Waals surface area contributed by atoms with Gasteiger partial charge in [0.05, 0.1) is 12.0 Å². The lowest BCUT2D eigenvalue weighted by Crippen LogP contribution is -2.39. The molecule has 0 saturated carbocycles. The highest BCUT2D eigenvalue weighted by atomic mass is 32.2. The van der Waals surface area contributed by atoms with E-state index in [1.165, 1.54) is 9.13 Å². The second kappa shape index (κ2) is 7.70. The van der Waals surface area contributed by atoms with E-state index in [9.17, 15) is 9.59 Å². The number of hydrogen-bond acceptors (Lipinski definition) is 6. The summed E-state index contributed by atoms with van der Waals surface area (Å²) in [6.07, 6.45) is 3.88. The van der Waals surface area contributed by atoms with Gasteiger partial charge in [-0.1, -0.05) is 30.0 Å². The number of thioether (sulfide) groups is 1. The van der Waals surface area contributed by atoms with Crippen LogP contribution >= 0.6 is 11.8 Å². The lowest BCUT2D eigenvalue weighted by Gasteiger charge is -2.10. The molecule has 0 N–H and O–H groups in total. The number of aromatic nitrogens is 7. The molecule has 0 bridgehead atoms. The number of imidazole rings is 1. The molecule has 150 valence electrons. The van der Waals surface area contributed by atoms with Gasteiger partial charge in [0.1, 0.15) is 6.33 Å². The van der Waals surface area contributed by atoms with Crippen molar-refractivity contribution in [3.05, 3.63) is 63.3 Å². The van der Waals surface area contributed by atoms with E-state index >= 15 is 0 Å². The Labute approximate surface area is 170 Å². The molecule has 3 aromatic heterocycles. The predicted molar refractivity (Wildman–Crippen MR) is 112 cm³/mol. The van der Waals surface area contributed by atoms with Crippen LogP contribution in [0.15, 0.2) is 51.7 Å². The molecule has 9 nitrogen and oxygen atoms in total. The molecule has 0 amide bonds. The topological polar surface area (TPSA) is 92.5 Å². The number of nitrogens with zero attached hydrogens (tertiary/aromatic N) is 7. The monoisotopic (exact) mass is 411 g/mol. The first-order valence-corrected chi connectivity index (χ1v) is 10.2. The van der Waals surface area contributed by atoms with E-state index in [1.807, 2.05) is 35.8 Å². The van der Waals surface area contributed by atoms with E-state index < -0.39 is 0 Å². The van der Waals surface area contributed by atoms with Crippen LogP contribution in [0.5, 0.6) is 0 Å². The predicted octanol–water partition coefficient (Wildman–Crippen LogP) is 1.51. The molecule has 3 heterocycles. The zero-order valence-corrected chi connectivity index (χ0v) is 17.3. The average Bonchev–Trinajstić information content (AvgIpc) is 3.33. The molecule has 10 heteroatoms. The Kier molecular flexibility index (Phi) is 5.10. The molecule has 0 atom stereocenters. The van der Waals surface area contributed by atoms with Gasteiger partial charge in [0.2, 0.25) is 0 Å². The maximum Gasteiger partial charge on any atom is 0.332 e. The van der Waals surface area contributed by atoms with Crippen LogP contribution in [-0.2, 0) is 20.6 Å². The second-order valence-corrected chi connectivity index (χ2v) is 7.86. The molecule has 0 aliphatic heterocycles. The first-order chi connectivity index (χ1) is 14.0. The molecule has 4 rings (SSSR count). The van der Waals surface area contributed by atoms with Gasteiger partial charge in [0.15, 0.2) is 16.3 Å². The number of hydrogen-bond donors (Lipinski definition) is 0. The van der Waals surface area contributed by atoms with E-state index in [1.54, 1.807) is 43.1 Å². The quantitative estimate of drug-likeness (QED) is 0.353. The summed E-state index contributed by atoms with van der Waals surface area (Å²) < 4.78 is 6.29. The van der Waals surface area contributed by atoms with Crippen molar-refractivity contribution < 1.29 is 0 Å². The Bertz CT molecular complexity index is 1300. The first kappa shape index (κ1) is 19.2. The molecule has 4 aromatic rings. The van der Waals surface area contributed by atoms with Gasteiger partial charge in [-0.2, -0.15) is 0 Å². The van der Waals surface area contributed by atoms with E-state index in [2.05, 4.69) is 15.2 Å². The second-order valence-electron chi connectivity index (χ2n) is 6.80.